The molecule has 1 aromatic rings. The van der Waals surface area contributed by atoms with Crippen molar-refractivity contribution in [1.29, 1.82) is 0 Å². The molecule has 0 unspecified atom stereocenters. The Morgan fingerprint density at radius 3 is 2.56 bits per heavy atom. The fourth-order valence-electron chi connectivity index (χ4n) is 5.79. The SMILES string of the molecule is CCC[C@@H]1C[C@H](N(C)C(C)C)CC[C@@H]1N1CC[C@H](NC(=O)c2ccc(O)c(C(C)(C)C)c2)C1=O. The zero-order valence-electron chi connectivity index (χ0n) is 22.2. The van der Waals surface area contributed by atoms with E-state index in [-0.39, 0.29) is 29.0 Å². The molecule has 2 N–H and O–H groups in total. The first-order valence-electron chi connectivity index (χ1n) is 13.1. The predicted octanol–water partition coefficient (Wildman–Crippen LogP) is 4.70. The van der Waals surface area contributed by atoms with Gasteiger partial charge in [0.05, 0.1) is 0 Å². The Hall–Kier alpha value is -2.08. The van der Waals surface area contributed by atoms with E-state index in [0.717, 1.165) is 37.7 Å². The summed E-state index contributed by atoms with van der Waals surface area (Å²) in [6, 6.07) is 5.83. The van der Waals surface area contributed by atoms with E-state index in [1.165, 1.54) is 0 Å². The Balaban J connectivity index is 1.68. The number of hydrogen-bond donors (Lipinski definition) is 2. The molecule has 3 rings (SSSR count). The molecule has 1 aromatic carbocycles. The molecule has 4 atom stereocenters. The molecule has 2 amide bonds. The number of amides is 2. The molecule has 6 nitrogen and oxygen atoms in total. The van der Waals surface area contributed by atoms with Crippen LogP contribution < -0.4 is 5.32 Å². The minimum atomic E-state index is -0.474. The lowest BCUT2D eigenvalue weighted by Gasteiger charge is -2.44. The second-order valence-electron chi connectivity index (χ2n) is 11.7. The summed E-state index contributed by atoms with van der Waals surface area (Å²) in [5.74, 6) is 0.505. The van der Waals surface area contributed by atoms with Crippen molar-refractivity contribution < 1.29 is 14.7 Å². The Labute approximate surface area is 206 Å². The number of phenolic OH excluding ortho intramolecular Hbond substituents is 1. The molecule has 2 fully saturated rings. The Morgan fingerprint density at radius 1 is 1.24 bits per heavy atom. The van der Waals surface area contributed by atoms with Gasteiger partial charge in [-0.2, -0.15) is 0 Å². The number of nitrogens with zero attached hydrogens (tertiary/aromatic N) is 2. The van der Waals surface area contributed by atoms with Gasteiger partial charge in [-0.3, -0.25) is 9.59 Å². The third-order valence-electron chi connectivity index (χ3n) is 7.98. The largest absolute Gasteiger partial charge is 0.508 e. The Morgan fingerprint density at radius 2 is 1.94 bits per heavy atom. The average molecular weight is 472 g/mol. The van der Waals surface area contributed by atoms with Gasteiger partial charge in [0.1, 0.15) is 11.8 Å². The molecule has 34 heavy (non-hydrogen) atoms. The fourth-order valence-corrected chi connectivity index (χ4v) is 5.79. The number of likely N-dealkylation sites (tertiary alicyclic amines) is 1. The van der Waals surface area contributed by atoms with Crippen LogP contribution in [0.1, 0.15) is 96.0 Å². The van der Waals surface area contributed by atoms with Gasteiger partial charge in [-0.15, -0.1) is 0 Å². The van der Waals surface area contributed by atoms with E-state index in [9.17, 15) is 14.7 Å². The first kappa shape index (κ1) is 26.5. The first-order chi connectivity index (χ1) is 15.9. The van der Waals surface area contributed by atoms with Crippen molar-refractivity contribution in [1.82, 2.24) is 15.1 Å². The van der Waals surface area contributed by atoms with Gasteiger partial charge in [0.15, 0.2) is 0 Å². The third kappa shape index (κ3) is 5.76. The molecular weight excluding hydrogens is 426 g/mol. The van der Waals surface area contributed by atoms with Gasteiger partial charge < -0.3 is 20.2 Å². The van der Waals surface area contributed by atoms with E-state index < -0.39 is 6.04 Å². The molecule has 0 bridgehead atoms. The van der Waals surface area contributed by atoms with Crippen molar-refractivity contribution in [2.75, 3.05) is 13.6 Å². The molecule has 6 heteroatoms. The molecule has 0 radical (unpaired) electrons. The minimum absolute atomic E-state index is 0.0601. The van der Waals surface area contributed by atoms with Gasteiger partial charge in [0.25, 0.3) is 5.91 Å². The summed E-state index contributed by atoms with van der Waals surface area (Å²) in [4.78, 5) is 30.9. The van der Waals surface area contributed by atoms with Gasteiger partial charge in [-0.1, -0.05) is 34.1 Å². The van der Waals surface area contributed by atoms with Gasteiger partial charge in [0, 0.05) is 35.8 Å². The molecular formula is C28H45N3O3. The van der Waals surface area contributed by atoms with Crippen molar-refractivity contribution in [2.45, 2.75) is 110 Å². The lowest BCUT2D eigenvalue weighted by molar-refractivity contribution is -0.133. The normalized spacial score (nSPS) is 25.9. The van der Waals surface area contributed by atoms with Crippen LogP contribution in [0.5, 0.6) is 5.75 Å². The third-order valence-corrected chi connectivity index (χ3v) is 7.98. The van der Waals surface area contributed by atoms with Crippen LogP contribution in [0.3, 0.4) is 0 Å². The number of phenols is 1. The standard InChI is InChI=1S/C28H45N3O3/c1-8-9-19-16-21(30(7)18(2)3)11-12-24(19)31-15-14-23(27(31)34)29-26(33)20-10-13-25(32)22(17-20)28(4,5)6/h10,13,17-19,21,23-24,32H,8-9,11-12,14-16H2,1-7H3,(H,29,33)/t19-,21-,23+,24+/m1/s1. The van der Waals surface area contributed by atoms with Crippen molar-refractivity contribution in [3.63, 3.8) is 0 Å². The van der Waals surface area contributed by atoms with E-state index >= 15 is 0 Å². The predicted molar refractivity (Wildman–Crippen MR) is 137 cm³/mol. The number of carbonyl (C=O) groups is 2. The zero-order chi connectivity index (χ0) is 25.2. The number of aromatic hydroxyl groups is 1. The molecule has 1 heterocycles. The maximum Gasteiger partial charge on any atom is 0.251 e. The summed E-state index contributed by atoms with van der Waals surface area (Å²) in [6.45, 7) is 13.4. The lowest BCUT2D eigenvalue weighted by atomic mass is 9.77. The van der Waals surface area contributed by atoms with E-state index in [1.54, 1.807) is 18.2 Å². The molecule has 1 saturated heterocycles. The first-order valence-corrected chi connectivity index (χ1v) is 13.1. The summed E-state index contributed by atoms with van der Waals surface area (Å²) >= 11 is 0. The Bertz CT molecular complexity index is 876. The van der Waals surface area contributed by atoms with Crippen LogP contribution in [-0.4, -0.2) is 64.5 Å². The number of benzene rings is 1. The number of rotatable bonds is 7. The molecule has 2 aliphatic rings. The molecule has 0 spiro atoms. The maximum atomic E-state index is 13.4. The monoisotopic (exact) mass is 471 g/mol. The van der Waals surface area contributed by atoms with Crippen LogP contribution in [0.2, 0.25) is 0 Å². The highest BCUT2D eigenvalue weighted by Gasteiger charge is 2.42. The highest BCUT2D eigenvalue weighted by atomic mass is 16.3. The summed E-state index contributed by atoms with van der Waals surface area (Å²) in [5.41, 5.74) is 0.928. The lowest BCUT2D eigenvalue weighted by Crippen LogP contribution is -2.51. The van der Waals surface area contributed by atoms with Gasteiger partial charge in [-0.05, 0) is 82.5 Å². The number of nitrogens with one attached hydrogen (secondary N) is 1. The van der Waals surface area contributed by atoms with E-state index in [0.29, 0.717) is 36.5 Å². The van der Waals surface area contributed by atoms with E-state index in [4.69, 9.17) is 0 Å². The van der Waals surface area contributed by atoms with Crippen LogP contribution >= 0.6 is 0 Å². The number of carbonyl (C=O) groups excluding carboxylic acids is 2. The Kier molecular flexibility index (Phi) is 8.33. The van der Waals surface area contributed by atoms with Crippen LogP contribution in [0.15, 0.2) is 18.2 Å². The van der Waals surface area contributed by atoms with E-state index in [1.807, 2.05) is 20.8 Å². The molecule has 1 saturated carbocycles. The zero-order valence-corrected chi connectivity index (χ0v) is 22.2. The molecule has 0 aromatic heterocycles. The maximum absolute atomic E-state index is 13.4. The fraction of sp³-hybridized carbons (Fsp3) is 0.714. The van der Waals surface area contributed by atoms with E-state index in [2.05, 4.69) is 42.9 Å². The van der Waals surface area contributed by atoms with Crippen molar-refractivity contribution in [3.8, 4) is 5.75 Å². The minimum Gasteiger partial charge on any atom is -0.508 e. The quantitative estimate of drug-likeness (QED) is 0.605. The summed E-state index contributed by atoms with van der Waals surface area (Å²) in [6.07, 6.45) is 6.20. The van der Waals surface area contributed by atoms with Crippen LogP contribution in [0.4, 0.5) is 0 Å². The second kappa shape index (κ2) is 10.7. The highest BCUT2D eigenvalue weighted by Crippen LogP contribution is 2.36. The smallest absolute Gasteiger partial charge is 0.251 e. The molecule has 1 aliphatic carbocycles. The van der Waals surface area contributed by atoms with Crippen molar-refractivity contribution >= 4 is 11.8 Å². The van der Waals surface area contributed by atoms with Gasteiger partial charge in [0.2, 0.25) is 5.91 Å². The number of hydrogen-bond acceptors (Lipinski definition) is 4. The molecule has 190 valence electrons. The topological polar surface area (TPSA) is 72.9 Å². The van der Waals surface area contributed by atoms with Gasteiger partial charge >= 0.3 is 0 Å². The summed E-state index contributed by atoms with van der Waals surface area (Å²) in [5, 5.41) is 13.2. The molecule has 1 aliphatic heterocycles. The van der Waals surface area contributed by atoms with Crippen molar-refractivity contribution in [3.05, 3.63) is 29.3 Å². The van der Waals surface area contributed by atoms with Crippen molar-refractivity contribution in [2.24, 2.45) is 5.92 Å². The average Bonchev–Trinajstić information content (AvgIpc) is 3.12. The van der Waals surface area contributed by atoms with Gasteiger partial charge in [-0.25, -0.2) is 0 Å². The highest BCUT2D eigenvalue weighted by molar-refractivity contribution is 5.98. The second-order valence-corrected chi connectivity index (χ2v) is 11.7. The van der Waals surface area contributed by atoms with Crippen LogP contribution in [-0.2, 0) is 10.2 Å². The van der Waals surface area contributed by atoms with Crippen LogP contribution in [0, 0.1) is 5.92 Å². The van der Waals surface area contributed by atoms with Crippen LogP contribution in [0.25, 0.3) is 0 Å². The summed E-state index contributed by atoms with van der Waals surface area (Å²) in [7, 11) is 2.22. The summed E-state index contributed by atoms with van der Waals surface area (Å²) < 4.78 is 0.